The molecule has 2 rings (SSSR count). The minimum Gasteiger partial charge on any atom is -0.258 e. The van der Waals surface area contributed by atoms with E-state index in [1.807, 2.05) is 0 Å². The molecule has 0 radical (unpaired) electrons. The van der Waals surface area contributed by atoms with Crippen molar-refractivity contribution in [2.45, 2.75) is 0 Å². The predicted molar refractivity (Wildman–Crippen MR) is 50.1 cm³/mol. The molecule has 1 aromatic heterocycles. The molecule has 16 heavy (non-hydrogen) atoms. The van der Waals surface area contributed by atoms with Gasteiger partial charge in [0.2, 0.25) is 0 Å². The summed E-state index contributed by atoms with van der Waals surface area (Å²) in [4.78, 5) is 9.74. The number of rotatable bonds is 2. The molecule has 0 aliphatic rings. The first kappa shape index (κ1) is 10.2. The van der Waals surface area contributed by atoms with Gasteiger partial charge in [-0.15, -0.1) is 0 Å². The molecule has 1 heterocycles. The summed E-state index contributed by atoms with van der Waals surface area (Å²) in [6, 6.07) is 2.76. The SMILES string of the molecule is O=[N+]([O-])c1cnn(-c2cc(F)cc(F)c2)c1. The lowest BCUT2D eigenvalue weighted by Crippen LogP contribution is -1.96. The van der Waals surface area contributed by atoms with Crippen molar-refractivity contribution in [3.05, 3.63) is 52.3 Å². The van der Waals surface area contributed by atoms with E-state index in [4.69, 9.17) is 0 Å². The molecular formula is C9H5F2N3O2. The lowest BCUT2D eigenvalue weighted by atomic mass is 10.3. The minimum absolute atomic E-state index is 0.0885. The maximum Gasteiger partial charge on any atom is 0.307 e. The number of nitrogens with zero attached hydrogens (tertiary/aromatic N) is 3. The van der Waals surface area contributed by atoms with Gasteiger partial charge in [-0.2, -0.15) is 5.10 Å². The number of hydrogen-bond acceptors (Lipinski definition) is 3. The first-order valence-electron chi connectivity index (χ1n) is 4.22. The van der Waals surface area contributed by atoms with E-state index in [9.17, 15) is 18.9 Å². The van der Waals surface area contributed by atoms with Crippen LogP contribution in [0.15, 0.2) is 30.6 Å². The Morgan fingerprint density at radius 1 is 1.25 bits per heavy atom. The summed E-state index contributed by atoms with van der Waals surface area (Å²) < 4.78 is 26.8. The summed E-state index contributed by atoms with van der Waals surface area (Å²) in [5.74, 6) is -1.54. The van der Waals surface area contributed by atoms with Gasteiger partial charge in [0, 0.05) is 6.07 Å². The summed E-state index contributed by atoms with van der Waals surface area (Å²) >= 11 is 0. The maximum atomic E-state index is 12.9. The Labute approximate surface area is 88.1 Å². The van der Waals surface area contributed by atoms with Crippen LogP contribution < -0.4 is 0 Å². The van der Waals surface area contributed by atoms with Crippen molar-refractivity contribution in [2.24, 2.45) is 0 Å². The molecule has 0 bridgehead atoms. The lowest BCUT2D eigenvalue weighted by Gasteiger charge is -2.00. The zero-order chi connectivity index (χ0) is 11.7. The minimum atomic E-state index is -0.770. The summed E-state index contributed by atoms with van der Waals surface area (Å²) in [6.45, 7) is 0. The van der Waals surface area contributed by atoms with E-state index in [1.165, 1.54) is 0 Å². The second-order valence-corrected chi connectivity index (χ2v) is 3.03. The summed E-state index contributed by atoms with van der Waals surface area (Å²) in [5.41, 5.74) is -0.157. The van der Waals surface area contributed by atoms with Gasteiger partial charge in [0.15, 0.2) is 0 Å². The van der Waals surface area contributed by atoms with E-state index in [-0.39, 0.29) is 11.4 Å². The Balaban J connectivity index is 2.46. The van der Waals surface area contributed by atoms with Crippen molar-refractivity contribution in [1.29, 1.82) is 0 Å². The van der Waals surface area contributed by atoms with Crippen LogP contribution in [0.4, 0.5) is 14.5 Å². The molecule has 0 fully saturated rings. The number of nitro groups is 1. The molecule has 1 aromatic carbocycles. The number of hydrogen-bond donors (Lipinski definition) is 0. The van der Waals surface area contributed by atoms with Crippen molar-refractivity contribution in [2.75, 3.05) is 0 Å². The second kappa shape index (κ2) is 3.69. The third-order valence-electron chi connectivity index (χ3n) is 1.89. The third kappa shape index (κ3) is 1.88. The standard InChI is InChI=1S/C9H5F2N3O2/c10-6-1-7(11)3-8(2-6)13-5-9(4-12-13)14(15)16/h1-5H. The quantitative estimate of drug-likeness (QED) is 0.580. The fourth-order valence-corrected chi connectivity index (χ4v) is 1.22. The Bertz CT molecular complexity index is 533. The van der Waals surface area contributed by atoms with Crippen LogP contribution in [-0.4, -0.2) is 14.7 Å². The van der Waals surface area contributed by atoms with Gasteiger partial charge in [0.25, 0.3) is 0 Å². The first-order valence-corrected chi connectivity index (χ1v) is 4.22. The molecule has 0 N–H and O–H groups in total. The van der Waals surface area contributed by atoms with E-state index in [2.05, 4.69) is 5.10 Å². The van der Waals surface area contributed by atoms with Gasteiger partial charge in [-0.25, -0.2) is 13.5 Å². The van der Waals surface area contributed by atoms with Crippen LogP contribution in [-0.2, 0) is 0 Å². The monoisotopic (exact) mass is 225 g/mol. The normalized spacial score (nSPS) is 10.4. The van der Waals surface area contributed by atoms with E-state index in [0.29, 0.717) is 6.07 Å². The Morgan fingerprint density at radius 2 is 1.88 bits per heavy atom. The third-order valence-corrected chi connectivity index (χ3v) is 1.89. The van der Waals surface area contributed by atoms with Crippen molar-refractivity contribution in [1.82, 2.24) is 9.78 Å². The molecule has 0 aliphatic heterocycles. The van der Waals surface area contributed by atoms with Gasteiger partial charge in [-0.1, -0.05) is 0 Å². The van der Waals surface area contributed by atoms with Crippen LogP contribution in [0, 0.1) is 21.7 Å². The highest BCUT2D eigenvalue weighted by Crippen LogP contribution is 2.15. The Kier molecular flexibility index (Phi) is 2.35. The number of benzene rings is 1. The van der Waals surface area contributed by atoms with Crippen LogP contribution in [0.5, 0.6) is 0 Å². The number of halogens is 2. The summed E-state index contributed by atoms with van der Waals surface area (Å²) in [7, 11) is 0. The highest BCUT2D eigenvalue weighted by atomic mass is 19.1. The van der Waals surface area contributed by atoms with Gasteiger partial charge in [-0.3, -0.25) is 10.1 Å². The molecule has 0 saturated heterocycles. The molecule has 82 valence electrons. The molecule has 0 aliphatic carbocycles. The Morgan fingerprint density at radius 3 is 2.38 bits per heavy atom. The summed E-state index contributed by atoms with van der Waals surface area (Å²) in [6.07, 6.45) is 2.08. The molecule has 0 saturated carbocycles. The van der Waals surface area contributed by atoms with Gasteiger partial charge in [-0.05, 0) is 12.1 Å². The largest absolute Gasteiger partial charge is 0.307 e. The highest BCUT2D eigenvalue weighted by molar-refractivity contribution is 5.35. The zero-order valence-electron chi connectivity index (χ0n) is 7.80. The van der Waals surface area contributed by atoms with Crippen LogP contribution in [0.3, 0.4) is 0 Å². The fraction of sp³-hybridized carbons (Fsp3) is 0. The molecule has 2 aromatic rings. The van der Waals surface area contributed by atoms with Crippen LogP contribution in [0.1, 0.15) is 0 Å². The van der Waals surface area contributed by atoms with Crippen molar-refractivity contribution < 1.29 is 13.7 Å². The molecular weight excluding hydrogens is 220 g/mol. The molecule has 7 heteroatoms. The predicted octanol–water partition coefficient (Wildman–Crippen LogP) is 2.06. The maximum absolute atomic E-state index is 12.9. The summed E-state index contributed by atoms with van der Waals surface area (Å²) in [5, 5.41) is 14.0. The van der Waals surface area contributed by atoms with Gasteiger partial charge >= 0.3 is 5.69 Å². The molecule has 5 nitrogen and oxygen atoms in total. The fourth-order valence-electron chi connectivity index (χ4n) is 1.22. The first-order chi connectivity index (χ1) is 7.56. The van der Waals surface area contributed by atoms with Crippen LogP contribution in [0.25, 0.3) is 5.69 Å². The van der Waals surface area contributed by atoms with Crippen LogP contribution in [0.2, 0.25) is 0 Å². The molecule has 0 amide bonds. The number of aromatic nitrogens is 2. The Hall–Kier alpha value is -2.31. The average Bonchev–Trinajstić information content (AvgIpc) is 2.64. The van der Waals surface area contributed by atoms with Gasteiger partial charge in [0.05, 0.1) is 10.6 Å². The average molecular weight is 225 g/mol. The van der Waals surface area contributed by atoms with E-state index in [0.717, 1.165) is 29.2 Å². The zero-order valence-corrected chi connectivity index (χ0v) is 7.80. The van der Waals surface area contributed by atoms with E-state index >= 15 is 0 Å². The van der Waals surface area contributed by atoms with Crippen molar-refractivity contribution in [3.8, 4) is 5.69 Å². The van der Waals surface area contributed by atoms with Gasteiger partial charge < -0.3 is 0 Å². The molecule has 0 spiro atoms. The second-order valence-electron chi connectivity index (χ2n) is 3.03. The van der Waals surface area contributed by atoms with E-state index in [1.54, 1.807) is 0 Å². The van der Waals surface area contributed by atoms with Gasteiger partial charge in [0.1, 0.15) is 24.0 Å². The topological polar surface area (TPSA) is 61.0 Å². The molecule has 0 atom stereocenters. The van der Waals surface area contributed by atoms with Crippen LogP contribution >= 0.6 is 0 Å². The molecule has 0 unspecified atom stereocenters. The van der Waals surface area contributed by atoms with E-state index < -0.39 is 16.6 Å². The van der Waals surface area contributed by atoms with Crippen molar-refractivity contribution in [3.63, 3.8) is 0 Å². The highest BCUT2D eigenvalue weighted by Gasteiger charge is 2.11. The lowest BCUT2D eigenvalue weighted by molar-refractivity contribution is -0.384. The van der Waals surface area contributed by atoms with Crippen molar-refractivity contribution >= 4 is 5.69 Å². The smallest absolute Gasteiger partial charge is 0.258 e.